The van der Waals surface area contributed by atoms with E-state index in [0.29, 0.717) is 31.2 Å². The lowest BCUT2D eigenvalue weighted by molar-refractivity contribution is -0.145. The molecule has 5 heteroatoms. The molecule has 0 saturated carbocycles. The largest absolute Gasteiger partial charge is 0.465 e. The Bertz CT molecular complexity index is 566. The van der Waals surface area contributed by atoms with Crippen molar-refractivity contribution in [1.82, 2.24) is 10.1 Å². The van der Waals surface area contributed by atoms with Gasteiger partial charge in [-0.15, -0.1) is 0 Å². The molecule has 0 fully saturated rings. The van der Waals surface area contributed by atoms with Gasteiger partial charge in [0.1, 0.15) is 5.92 Å². The molecule has 0 spiro atoms. The number of hydrogen-bond donors (Lipinski definition) is 0. The average molecular weight is 288 g/mol. The fourth-order valence-electron chi connectivity index (χ4n) is 2.13. The minimum absolute atomic E-state index is 0.297. The number of hydrogen-bond acceptors (Lipinski definition) is 5. The van der Waals surface area contributed by atoms with Crippen LogP contribution in [0.4, 0.5) is 0 Å². The van der Waals surface area contributed by atoms with Crippen molar-refractivity contribution < 1.29 is 14.1 Å². The molecule has 112 valence electrons. The van der Waals surface area contributed by atoms with Crippen LogP contribution in [0.2, 0.25) is 0 Å². The second-order valence-corrected chi connectivity index (χ2v) is 4.80. The van der Waals surface area contributed by atoms with E-state index in [1.54, 1.807) is 6.92 Å². The summed E-state index contributed by atoms with van der Waals surface area (Å²) < 4.78 is 10.3. The quantitative estimate of drug-likeness (QED) is 0.732. The van der Waals surface area contributed by atoms with Crippen LogP contribution >= 0.6 is 0 Å². The van der Waals surface area contributed by atoms with Gasteiger partial charge in [0.25, 0.3) is 0 Å². The summed E-state index contributed by atoms with van der Waals surface area (Å²) in [6.07, 6.45) is 2.08. The molecule has 21 heavy (non-hydrogen) atoms. The molecule has 0 N–H and O–H groups in total. The maximum atomic E-state index is 12.0. The Morgan fingerprint density at radius 3 is 2.71 bits per heavy atom. The number of carbonyl (C=O) groups excluding carboxylic acids is 1. The van der Waals surface area contributed by atoms with Crippen LogP contribution < -0.4 is 0 Å². The number of rotatable bonds is 7. The van der Waals surface area contributed by atoms with E-state index in [2.05, 4.69) is 10.1 Å². The minimum Gasteiger partial charge on any atom is -0.465 e. The summed E-state index contributed by atoms with van der Waals surface area (Å²) in [4.78, 5) is 16.3. The van der Waals surface area contributed by atoms with Crippen molar-refractivity contribution in [3.8, 4) is 0 Å². The fourth-order valence-corrected chi connectivity index (χ4v) is 2.13. The fraction of sp³-hybridized carbons (Fsp3) is 0.438. The smallest absolute Gasteiger partial charge is 0.318 e. The van der Waals surface area contributed by atoms with E-state index in [1.165, 1.54) is 0 Å². The van der Waals surface area contributed by atoms with Crippen molar-refractivity contribution in [2.75, 3.05) is 6.61 Å². The summed E-state index contributed by atoms with van der Waals surface area (Å²) in [5.74, 6) is 0.170. The number of carbonyl (C=O) groups is 1. The number of ether oxygens (including phenoxy) is 1. The molecule has 0 saturated heterocycles. The highest BCUT2D eigenvalue weighted by Crippen LogP contribution is 2.22. The first-order valence-corrected chi connectivity index (χ1v) is 7.27. The molecule has 1 aromatic carbocycles. The van der Waals surface area contributed by atoms with E-state index >= 15 is 0 Å². The van der Waals surface area contributed by atoms with Gasteiger partial charge >= 0.3 is 5.97 Å². The Hall–Kier alpha value is -2.17. The molecular formula is C16H20N2O3. The average Bonchev–Trinajstić information content (AvgIpc) is 2.94. The topological polar surface area (TPSA) is 65.2 Å². The third-order valence-electron chi connectivity index (χ3n) is 3.14. The first-order valence-electron chi connectivity index (χ1n) is 7.27. The van der Waals surface area contributed by atoms with Crippen molar-refractivity contribution in [2.24, 2.45) is 0 Å². The molecule has 0 aliphatic rings. The van der Waals surface area contributed by atoms with E-state index in [-0.39, 0.29) is 5.97 Å². The van der Waals surface area contributed by atoms with Gasteiger partial charge in [-0.2, -0.15) is 4.98 Å². The Morgan fingerprint density at radius 1 is 1.29 bits per heavy atom. The second-order valence-electron chi connectivity index (χ2n) is 4.80. The summed E-state index contributed by atoms with van der Waals surface area (Å²) in [6.45, 7) is 4.15. The van der Waals surface area contributed by atoms with Crippen molar-refractivity contribution >= 4 is 5.97 Å². The predicted octanol–water partition coefficient (Wildman–Crippen LogP) is 3.11. The Kier molecular flexibility index (Phi) is 5.49. The first-order chi connectivity index (χ1) is 10.2. The van der Waals surface area contributed by atoms with Crippen LogP contribution in [0.15, 0.2) is 34.9 Å². The summed E-state index contributed by atoms with van der Waals surface area (Å²) >= 11 is 0. The number of esters is 1. The lowest BCUT2D eigenvalue weighted by Crippen LogP contribution is -2.16. The molecule has 1 unspecified atom stereocenters. The zero-order valence-corrected chi connectivity index (χ0v) is 12.4. The summed E-state index contributed by atoms with van der Waals surface area (Å²) in [7, 11) is 0. The molecule has 0 amide bonds. The zero-order chi connectivity index (χ0) is 15.1. The van der Waals surface area contributed by atoms with Crippen LogP contribution in [0, 0.1) is 0 Å². The molecule has 1 atom stereocenters. The molecule has 0 radical (unpaired) electrons. The highest BCUT2D eigenvalue weighted by atomic mass is 16.5. The van der Waals surface area contributed by atoms with E-state index in [4.69, 9.17) is 9.26 Å². The van der Waals surface area contributed by atoms with Gasteiger partial charge in [-0.05, 0) is 18.9 Å². The van der Waals surface area contributed by atoms with Crippen LogP contribution in [-0.4, -0.2) is 22.7 Å². The monoisotopic (exact) mass is 288 g/mol. The van der Waals surface area contributed by atoms with Crippen LogP contribution in [-0.2, 0) is 16.0 Å². The predicted molar refractivity (Wildman–Crippen MR) is 77.8 cm³/mol. The van der Waals surface area contributed by atoms with Crippen molar-refractivity contribution in [3.05, 3.63) is 47.6 Å². The number of aromatic nitrogens is 2. The summed E-state index contributed by atoms with van der Waals surface area (Å²) in [6, 6.07) is 9.91. The van der Waals surface area contributed by atoms with Gasteiger partial charge in [0.2, 0.25) is 5.89 Å². The SMILES string of the molecule is CCCC(C(=O)OCC)c1nc(Cc2ccccc2)no1. The third kappa shape index (κ3) is 4.15. The highest BCUT2D eigenvalue weighted by molar-refractivity contribution is 5.76. The first kappa shape index (κ1) is 15.2. The van der Waals surface area contributed by atoms with Crippen molar-refractivity contribution in [1.29, 1.82) is 0 Å². The molecule has 0 aliphatic heterocycles. The molecule has 0 bridgehead atoms. The second kappa shape index (κ2) is 7.57. The highest BCUT2D eigenvalue weighted by Gasteiger charge is 2.27. The molecule has 2 aromatic rings. The molecular weight excluding hydrogens is 268 g/mol. The van der Waals surface area contributed by atoms with Crippen LogP contribution in [0.3, 0.4) is 0 Å². The Balaban J connectivity index is 2.11. The maximum Gasteiger partial charge on any atom is 0.318 e. The van der Waals surface area contributed by atoms with E-state index < -0.39 is 5.92 Å². The third-order valence-corrected chi connectivity index (χ3v) is 3.14. The number of benzene rings is 1. The van der Waals surface area contributed by atoms with E-state index in [9.17, 15) is 4.79 Å². The van der Waals surface area contributed by atoms with Gasteiger partial charge in [-0.1, -0.05) is 48.8 Å². The van der Waals surface area contributed by atoms with E-state index in [1.807, 2.05) is 37.3 Å². The normalized spacial score (nSPS) is 12.1. The van der Waals surface area contributed by atoms with Gasteiger partial charge in [0, 0.05) is 6.42 Å². The lowest BCUT2D eigenvalue weighted by atomic mass is 10.0. The molecule has 5 nitrogen and oxygen atoms in total. The maximum absolute atomic E-state index is 12.0. The standard InChI is InChI=1S/C16H20N2O3/c1-3-8-13(16(19)20-4-2)15-17-14(18-21-15)11-12-9-6-5-7-10-12/h5-7,9-10,13H,3-4,8,11H2,1-2H3. The molecule has 1 heterocycles. The van der Waals surface area contributed by atoms with Crippen LogP contribution in [0.25, 0.3) is 0 Å². The van der Waals surface area contributed by atoms with E-state index in [0.717, 1.165) is 12.0 Å². The van der Waals surface area contributed by atoms with Crippen LogP contribution in [0.1, 0.15) is 49.9 Å². The minimum atomic E-state index is -0.466. The molecule has 1 aromatic heterocycles. The van der Waals surface area contributed by atoms with Gasteiger partial charge in [0.15, 0.2) is 5.82 Å². The van der Waals surface area contributed by atoms with Gasteiger partial charge in [-0.3, -0.25) is 4.79 Å². The Morgan fingerprint density at radius 2 is 2.05 bits per heavy atom. The molecule has 2 rings (SSSR count). The van der Waals surface area contributed by atoms with Gasteiger partial charge < -0.3 is 9.26 Å². The summed E-state index contributed by atoms with van der Waals surface area (Å²) in [5, 5.41) is 3.96. The van der Waals surface area contributed by atoms with Gasteiger partial charge in [0.05, 0.1) is 6.61 Å². The lowest BCUT2D eigenvalue weighted by Gasteiger charge is -2.09. The van der Waals surface area contributed by atoms with Gasteiger partial charge in [-0.25, -0.2) is 0 Å². The van der Waals surface area contributed by atoms with Crippen molar-refractivity contribution in [3.63, 3.8) is 0 Å². The summed E-state index contributed by atoms with van der Waals surface area (Å²) in [5.41, 5.74) is 1.10. The van der Waals surface area contributed by atoms with Crippen molar-refractivity contribution in [2.45, 2.75) is 39.0 Å². The molecule has 0 aliphatic carbocycles. The zero-order valence-electron chi connectivity index (χ0n) is 12.4. The van der Waals surface area contributed by atoms with Crippen LogP contribution in [0.5, 0.6) is 0 Å². The number of nitrogens with zero attached hydrogens (tertiary/aromatic N) is 2. The Labute approximate surface area is 124 Å².